The van der Waals surface area contributed by atoms with Gasteiger partial charge in [-0.25, -0.2) is 18.0 Å². The van der Waals surface area contributed by atoms with Gasteiger partial charge < -0.3 is 44.7 Å². The van der Waals surface area contributed by atoms with E-state index in [4.69, 9.17) is 23.7 Å². The van der Waals surface area contributed by atoms with E-state index >= 15 is 0 Å². The van der Waals surface area contributed by atoms with Gasteiger partial charge in [-0.3, -0.25) is 0 Å². The number of aliphatic hydroxyl groups excluding tert-OH is 1. The average molecular weight is 733 g/mol. The van der Waals surface area contributed by atoms with E-state index in [0.717, 1.165) is 5.56 Å². The molecule has 2 aromatic carbocycles. The van der Waals surface area contributed by atoms with Crippen molar-refractivity contribution >= 4 is 22.1 Å². The van der Waals surface area contributed by atoms with Crippen molar-refractivity contribution in [3.8, 4) is 11.5 Å². The first-order valence-electron chi connectivity index (χ1n) is 17.5. The number of nitrogens with one attached hydrogen (secondary N) is 3. The Balaban J connectivity index is 1.33. The number of carbonyl (C=O) groups is 2. The van der Waals surface area contributed by atoms with Crippen molar-refractivity contribution in [2.45, 2.75) is 95.3 Å². The first-order valence-corrected chi connectivity index (χ1v) is 18.9. The number of urea groups is 1. The second-order valence-electron chi connectivity index (χ2n) is 15.2. The summed E-state index contributed by atoms with van der Waals surface area (Å²) in [4.78, 5) is 25.5. The van der Waals surface area contributed by atoms with Crippen molar-refractivity contribution in [2.24, 2.45) is 11.3 Å². The number of fused-ring (bicyclic) bond motifs is 2. The number of amides is 3. The minimum Gasteiger partial charge on any atom is -0.454 e. The molecule has 0 unspecified atom stereocenters. The lowest BCUT2D eigenvalue weighted by Crippen LogP contribution is -2.52. The maximum absolute atomic E-state index is 14.4. The zero-order chi connectivity index (χ0) is 36.8. The Hall–Kier alpha value is -3.63. The van der Waals surface area contributed by atoms with Gasteiger partial charge >= 0.3 is 12.1 Å². The number of sulfonamides is 1. The summed E-state index contributed by atoms with van der Waals surface area (Å²) >= 11 is 0. The molecule has 3 aliphatic rings. The van der Waals surface area contributed by atoms with Crippen LogP contribution in [0, 0.1) is 11.3 Å². The van der Waals surface area contributed by atoms with Crippen molar-refractivity contribution in [1.82, 2.24) is 20.3 Å². The number of aliphatic hydroxyl groups is 1. The first-order chi connectivity index (χ1) is 24.1. The quantitative estimate of drug-likeness (QED) is 0.198. The van der Waals surface area contributed by atoms with Crippen molar-refractivity contribution in [2.75, 3.05) is 39.6 Å². The average Bonchev–Trinajstić information content (AvgIpc) is 3.81. The molecule has 282 valence electrons. The summed E-state index contributed by atoms with van der Waals surface area (Å²) in [6.07, 6.45) is -0.870. The fraction of sp³-hybridized carbons (Fsp3) is 0.611. The van der Waals surface area contributed by atoms with Crippen LogP contribution < -0.4 is 25.4 Å². The van der Waals surface area contributed by atoms with Crippen LogP contribution in [-0.2, 0) is 30.7 Å². The molecular weight excluding hydrogens is 680 g/mol. The maximum Gasteiger partial charge on any atom is 0.407 e. The molecule has 2 saturated heterocycles. The summed E-state index contributed by atoms with van der Waals surface area (Å²) in [5, 5.41) is 20.4. The summed E-state index contributed by atoms with van der Waals surface area (Å²) in [7, 11) is -4.19. The number of benzene rings is 2. The fourth-order valence-electron chi connectivity index (χ4n) is 6.50. The molecule has 0 aliphatic carbocycles. The van der Waals surface area contributed by atoms with Gasteiger partial charge in [0, 0.05) is 31.2 Å². The van der Waals surface area contributed by atoms with Gasteiger partial charge in [-0.15, -0.1) is 0 Å². The Morgan fingerprint density at radius 2 is 1.78 bits per heavy atom. The molecule has 0 bridgehead atoms. The van der Waals surface area contributed by atoms with E-state index in [9.17, 15) is 23.1 Å². The molecule has 4 N–H and O–H groups in total. The highest BCUT2D eigenvalue weighted by molar-refractivity contribution is 7.89. The number of rotatable bonds is 15. The SMILES string of the molecule is CC(C)(CCCNC(=O)NC(C)(C)C)CN(C[C@@H](O)[C@H](Cc1ccccc1)NC(=O)O[C@H]1CO[C@H]2OCC[C@H]21)S(=O)(=O)c1ccc2c(c1)OCO2. The van der Waals surface area contributed by atoms with Crippen molar-refractivity contribution in [1.29, 1.82) is 0 Å². The van der Waals surface area contributed by atoms with E-state index in [1.54, 1.807) is 6.07 Å². The summed E-state index contributed by atoms with van der Waals surface area (Å²) in [6, 6.07) is 12.6. The largest absolute Gasteiger partial charge is 0.454 e. The van der Waals surface area contributed by atoms with Gasteiger partial charge in [0.1, 0.15) is 6.10 Å². The number of nitrogens with zero attached hydrogens (tertiary/aromatic N) is 1. The number of carbonyl (C=O) groups excluding carboxylic acids is 2. The van der Waals surface area contributed by atoms with Gasteiger partial charge in [-0.1, -0.05) is 44.2 Å². The Bertz CT molecular complexity index is 1600. The normalized spacial score (nSPS) is 21.2. The van der Waals surface area contributed by atoms with Crippen LogP contribution in [0.3, 0.4) is 0 Å². The molecular formula is C36H52N4O10S. The second-order valence-corrected chi connectivity index (χ2v) is 17.1. The van der Waals surface area contributed by atoms with Crippen molar-refractivity contribution in [3.05, 3.63) is 54.1 Å². The number of hydrogen-bond acceptors (Lipinski definition) is 10. The topological polar surface area (TPSA) is 174 Å². The predicted octanol–water partition coefficient (Wildman–Crippen LogP) is 3.77. The summed E-state index contributed by atoms with van der Waals surface area (Å²) < 4.78 is 57.7. The molecule has 2 aromatic rings. The van der Waals surface area contributed by atoms with Gasteiger partial charge in [-0.2, -0.15) is 4.31 Å². The van der Waals surface area contributed by atoms with E-state index in [1.807, 2.05) is 65.0 Å². The smallest absolute Gasteiger partial charge is 0.407 e. The van der Waals surface area contributed by atoms with Gasteiger partial charge in [0.25, 0.3) is 0 Å². The van der Waals surface area contributed by atoms with Crippen LogP contribution in [-0.4, -0.2) is 99.7 Å². The van der Waals surface area contributed by atoms with Gasteiger partial charge in [0.2, 0.25) is 16.8 Å². The lowest BCUT2D eigenvalue weighted by molar-refractivity contribution is -0.0907. The van der Waals surface area contributed by atoms with Crippen LogP contribution in [0.4, 0.5) is 9.59 Å². The molecule has 14 nitrogen and oxygen atoms in total. The van der Waals surface area contributed by atoms with Crippen molar-refractivity contribution in [3.63, 3.8) is 0 Å². The van der Waals surface area contributed by atoms with E-state index in [1.165, 1.54) is 16.4 Å². The molecule has 3 heterocycles. The van der Waals surface area contributed by atoms with E-state index in [-0.39, 0.29) is 55.3 Å². The van der Waals surface area contributed by atoms with Gasteiger partial charge in [-0.05, 0) is 69.6 Å². The first kappa shape index (κ1) is 38.6. The van der Waals surface area contributed by atoms with Crippen LogP contribution >= 0.6 is 0 Å². The maximum atomic E-state index is 14.4. The van der Waals surface area contributed by atoms with Gasteiger partial charge in [0.15, 0.2) is 17.8 Å². The molecule has 0 saturated carbocycles. The minimum absolute atomic E-state index is 0.0134. The second kappa shape index (κ2) is 16.4. The molecule has 3 aliphatic heterocycles. The van der Waals surface area contributed by atoms with Crippen LogP contribution in [0.5, 0.6) is 11.5 Å². The van der Waals surface area contributed by atoms with E-state index in [2.05, 4.69) is 16.0 Å². The Kier molecular flexibility index (Phi) is 12.4. The Labute approximate surface area is 300 Å². The highest BCUT2D eigenvalue weighted by Gasteiger charge is 2.44. The fourth-order valence-corrected chi connectivity index (χ4v) is 8.16. The highest BCUT2D eigenvalue weighted by atomic mass is 32.2. The minimum atomic E-state index is -4.19. The number of ether oxygens (including phenoxy) is 5. The molecule has 2 fully saturated rings. The molecule has 0 radical (unpaired) electrons. The number of alkyl carbamates (subject to hydrolysis) is 1. The highest BCUT2D eigenvalue weighted by Crippen LogP contribution is 2.36. The standard InChI is InChI=1S/C36H52N4O10S/c1-35(2,3)39-33(42)37-16-9-15-36(4,5)22-40(51(44,45)25-12-13-29-30(19-25)49-23-48-29)20-28(41)27(18-24-10-7-6-8-11-24)38-34(43)50-31-21-47-32-26(31)14-17-46-32/h6-8,10-13,19,26-28,31-32,41H,9,14-18,20-23H2,1-5H3,(H,38,43)(H2,37,39,42)/t26-,27-,28+,31-,32+/m0/s1. The molecule has 0 spiro atoms. The van der Waals surface area contributed by atoms with Crippen LogP contribution in [0.1, 0.15) is 59.4 Å². The third kappa shape index (κ3) is 10.7. The molecule has 3 amide bonds. The molecule has 5 atom stereocenters. The lowest BCUT2D eigenvalue weighted by atomic mass is 9.87. The molecule has 15 heteroatoms. The summed E-state index contributed by atoms with van der Waals surface area (Å²) in [5.41, 5.74) is -0.116. The monoisotopic (exact) mass is 732 g/mol. The zero-order valence-electron chi connectivity index (χ0n) is 30.1. The van der Waals surface area contributed by atoms with Crippen LogP contribution in [0.15, 0.2) is 53.4 Å². The predicted molar refractivity (Wildman–Crippen MR) is 188 cm³/mol. The van der Waals surface area contributed by atoms with E-state index < -0.39 is 46.1 Å². The third-order valence-electron chi connectivity index (χ3n) is 9.09. The van der Waals surface area contributed by atoms with Gasteiger partial charge in [0.05, 0.1) is 36.2 Å². The van der Waals surface area contributed by atoms with Crippen LogP contribution in [0.25, 0.3) is 0 Å². The Morgan fingerprint density at radius 3 is 2.53 bits per heavy atom. The summed E-state index contributed by atoms with van der Waals surface area (Å²) in [6.45, 7) is 10.4. The molecule has 0 aromatic heterocycles. The molecule has 5 rings (SSSR count). The molecule has 51 heavy (non-hydrogen) atoms. The third-order valence-corrected chi connectivity index (χ3v) is 10.9. The summed E-state index contributed by atoms with van der Waals surface area (Å²) in [5.74, 6) is 0.686. The van der Waals surface area contributed by atoms with Crippen LogP contribution in [0.2, 0.25) is 0 Å². The van der Waals surface area contributed by atoms with E-state index in [0.29, 0.717) is 43.9 Å². The lowest BCUT2D eigenvalue weighted by Gasteiger charge is -2.35. The van der Waals surface area contributed by atoms with Crippen molar-refractivity contribution < 1.29 is 46.8 Å². The Morgan fingerprint density at radius 1 is 1.04 bits per heavy atom. The number of hydrogen-bond donors (Lipinski definition) is 4. The zero-order valence-corrected chi connectivity index (χ0v) is 30.9.